The molecule has 0 amide bonds. The van der Waals surface area contributed by atoms with Gasteiger partial charge in [-0.15, -0.1) is 0 Å². The van der Waals surface area contributed by atoms with E-state index in [2.05, 4.69) is 69.2 Å². The van der Waals surface area contributed by atoms with Gasteiger partial charge in [-0.25, -0.2) is 0 Å². The smallest absolute Gasteiger partial charge is 0.111 e. The third-order valence-corrected chi connectivity index (χ3v) is 4.94. The third kappa shape index (κ3) is 3.50. The van der Waals surface area contributed by atoms with Gasteiger partial charge in [-0.1, -0.05) is 52.3 Å². The lowest BCUT2D eigenvalue weighted by Crippen LogP contribution is -2.29. The fourth-order valence-electron chi connectivity index (χ4n) is 2.81. The summed E-state index contributed by atoms with van der Waals surface area (Å²) in [6.07, 6.45) is 2.31. The number of nitrogens with zero attached hydrogens (tertiary/aromatic N) is 2. The van der Waals surface area contributed by atoms with E-state index in [0.29, 0.717) is 6.42 Å². The average Bonchev–Trinajstić information content (AvgIpc) is 2.88. The van der Waals surface area contributed by atoms with Crippen LogP contribution in [0.15, 0.2) is 59.2 Å². The fraction of sp³-hybridized carbons (Fsp3) is 0.263. The van der Waals surface area contributed by atoms with Crippen molar-refractivity contribution in [2.45, 2.75) is 19.2 Å². The summed E-state index contributed by atoms with van der Waals surface area (Å²) in [5.41, 5.74) is 3.62. The molecule has 0 saturated carbocycles. The van der Waals surface area contributed by atoms with Crippen molar-refractivity contribution in [1.82, 2.24) is 9.47 Å². The first-order valence-corrected chi connectivity index (χ1v) is 8.50. The van der Waals surface area contributed by atoms with E-state index in [9.17, 15) is 5.11 Å². The first-order valence-electron chi connectivity index (χ1n) is 7.71. The van der Waals surface area contributed by atoms with Crippen LogP contribution in [0.2, 0.25) is 0 Å². The molecule has 23 heavy (non-hydrogen) atoms. The van der Waals surface area contributed by atoms with Crippen molar-refractivity contribution >= 4 is 26.8 Å². The van der Waals surface area contributed by atoms with Crippen LogP contribution in [0.5, 0.6) is 0 Å². The molecule has 120 valence electrons. The van der Waals surface area contributed by atoms with E-state index >= 15 is 0 Å². The Hall–Kier alpha value is -1.62. The minimum absolute atomic E-state index is 0.474. The second-order valence-electron chi connectivity index (χ2n) is 6.04. The van der Waals surface area contributed by atoms with Crippen LogP contribution >= 0.6 is 15.9 Å². The Morgan fingerprint density at radius 1 is 1.04 bits per heavy atom. The van der Waals surface area contributed by atoms with Crippen LogP contribution in [0.25, 0.3) is 10.9 Å². The number of rotatable bonds is 5. The zero-order chi connectivity index (χ0) is 16.4. The quantitative estimate of drug-likeness (QED) is 0.688. The van der Waals surface area contributed by atoms with Crippen molar-refractivity contribution < 1.29 is 5.11 Å². The summed E-state index contributed by atoms with van der Waals surface area (Å²) in [7, 11) is 3.79. The summed E-state index contributed by atoms with van der Waals surface area (Å²) in [5.74, 6) is 0. The molecule has 0 saturated heterocycles. The molecule has 3 rings (SSSR count). The second-order valence-corrected chi connectivity index (χ2v) is 6.89. The van der Waals surface area contributed by atoms with E-state index in [1.54, 1.807) is 0 Å². The van der Waals surface area contributed by atoms with Crippen LogP contribution in [-0.4, -0.2) is 34.9 Å². The first-order chi connectivity index (χ1) is 11.1. The van der Waals surface area contributed by atoms with Gasteiger partial charge in [-0.3, -0.25) is 4.90 Å². The van der Waals surface area contributed by atoms with Crippen molar-refractivity contribution in [2.75, 3.05) is 14.1 Å². The summed E-state index contributed by atoms with van der Waals surface area (Å²) in [5, 5.41) is 11.4. The number of benzene rings is 2. The highest BCUT2D eigenvalue weighted by molar-refractivity contribution is 9.10. The first kappa shape index (κ1) is 16.2. The SMILES string of the molecule is CN(C)C(O)Cc1cn(Cc2ccccc2Br)c2ccccc12. The van der Waals surface area contributed by atoms with Crippen molar-refractivity contribution in [2.24, 2.45) is 0 Å². The molecule has 3 aromatic rings. The average molecular weight is 373 g/mol. The Labute approximate surface area is 145 Å². The maximum absolute atomic E-state index is 10.2. The lowest BCUT2D eigenvalue weighted by atomic mass is 10.1. The summed E-state index contributed by atoms with van der Waals surface area (Å²) in [6.45, 7) is 0.806. The normalized spacial score (nSPS) is 12.9. The van der Waals surface area contributed by atoms with Gasteiger partial charge in [-0.2, -0.15) is 0 Å². The molecule has 0 aliphatic heterocycles. The Bertz CT molecular complexity index is 810. The number of aliphatic hydroxyl groups is 1. The number of halogens is 1. The standard InChI is InChI=1S/C19H21BrN2O/c1-21(2)19(23)11-15-13-22(18-10-6-4-8-16(15)18)12-14-7-3-5-9-17(14)20/h3-10,13,19,23H,11-12H2,1-2H3. The highest BCUT2D eigenvalue weighted by Gasteiger charge is 2.14. The van der Waals surface area contributed by atoms with E-state index in [4.69, 9.17) is 0 Å². The topological polar surface area (TPSA) is 28.4 Å². The number of para-hydroxylation sites is 1. The van der Waals surface area contributed by atoms with E-state index < -0.39 is 6.23 Å². The van der Waals surface area contributed by atoms with Crippen LogP contribution < -0.4 is 0 Å². The van der Waals surface area contributed by atoms with Crippen molar-refractivity contribution in [3.8, 4) is 0 Å². The molecule has 1 N–H and O–H groups in total. The molecule has 0 aliphatic rings. The zero-order valence-corrected chi connectivity index (χ0v) is 15.0. The molecule has 3 nitrogen and oxygen atoms in total. The molecule has 0 aliphatic carbocycles. The number of fused-ring (bicyclic) bond motifs is 1. The van der Waals surface area contributed by atoms with Gasteiger partial charge < -0.3 is 9.67 Å². The lowest BCUT2D eigenvalue weighted by Gasteiger charge is -2.17. The predicted octanol–water partition coefficient (Wildman–Crippen LogP) is 3.87. The van der Waals surface area contributed by atoms with E-state index in [1.165, 1.54) is 22.0 Å². The molecule has 0 fully saturated rings. The van der Waals surface area contributed by atoms with Crippen molar-refractivity contribution in [3.63, 3.8) is 0 Å². The molecule has 1 unspecified atom stereocenters. The van der Waals surface area contributed by atoms with Gasteiger partial charge in [-0.05, 0) is 37.4 Å². The Balaban J connectivity index is 1.99. The zero-order valence-electron chi connectivity index (χ0n) is 13.4. The minimum Gasteiger partial charge on any atom is -0.378 e. The molecule has 1 aromatic heterocycles. The number of hydrogen-bond acceptors (Lipinski definition) is 2. The summed E-state index contributed by atoms with van der Waals surface area (Å²) in [4.78, 5) is 1.83. The van der Waals surface area contributed by atoms with E-state index in [1.807, 2.05) is 25.1 Å². The summed E-state index contributed by atoms with van der Waals surface area (Å²) < 4.78 is 3.38. The predicted molar refractivity (Wildman–Crippen MR) is 98.6 cm³/mol. The molecule has 4 heteroatoms. The van der Waals surface area contributed by atoms with Gasteiger partial charge in [0.2, 0.25) is 0 Å². The number of likely N-dealkylation sites (N-methyl/N-ethyl adjacent to an activating group) is 1. The molecule has 1 atom stereocenters. The largest absolute Gasteiger partial charge is 0.378 e. The van der Waals surface area contributed by atoms with Gasteiger partial charge >= 0.3 is 0 Å². The molecule has 0 spiro atoms. The number of aromatic nitrogens is 1. The maximum atomic E-state index is 10.2. The second kappa shape index (κ2) is 6.87. The van der Waals surface area contributed by atoms with Crippen LogP contribution in [0.3, 0.4) is 0 Å². The van der Waals surface area contributed by atoms with Crippen LogP contribution in [0.1, 0.15) is 11.1 Å². The van der Waals surface area contributed by atoms with E-state index in [-0.39, 0.29) is 0 Å². The van der Waals surface area contributed by atoms with Crippen LogP contribution in [0, 0.1) is 0 Å². The Morgan fingerprint density at radius 2 is 1.74 bits per heavy atom. The fourth-order valence-corrected chi connectivity index (χ4v) is 3.22. The molecule has 0 radical (unpaired) electrons. The van der Waals surface area contributed by atoms with Gasteiger partial charge in [0.05, 0.1) is 0 Å². The monoisotopic (exact) mass is 372 g/mol. The van der Waals surface area contributed by atoms with Gasteiger partial charge in [0.1, 0.15) is 6.23 Å². The van der Waals surface area contributed by atoms with Crippen molar-refractivity contribution in [3.05, 3.63) is 70.3 Å². The lowest BCUT2D eigenvalue weighted by molar-refractivity contribution is 0.0415. The minimum atomic E-state index is -0.474. The highest BCUT2D eigenvalue weighted by Crippen LogP contribution is 2.25. The van der Waals surface area contributed by atoms with Gasteiger partial charge in [0.25, 0.3) is 0 Å². The molecular formula is C19H21BrN2O. The highest BCUT2D eigenvalue weighted by atomic mass is 79.9. The third-order valence-electron chi connectivity index (χ3n) is 4.17. The molecular weight excluding hydrogens is 352 g/mol. The summed E-state index contributed by atoms with van der Waals surface area (Å²) >= 11 is 3.62. The number of aliphatic hydroxyl groups excluding tert-OH is 1. The van der Waals surface area contributed by atoms with Gasteiger partial charge in [0.15, 0.2) is 0 Å². The molecule has 2 aromatic carbocycles. The molecule has 0 bridgehead atoms. The van der Waals surface area contributed by atoms with E-state index in [0.717, 1.165) is 11.0 Å². The maximum Gasteiger partial charge on any atom is 0.111 e. The van der Waals surface area contributed by atoms with Crippen LogP contribution in [0.4, 0.5) is 0 Å². The summed E-state index contributed by atoms with van der Waals surface area (Å²) in [6, 6.07) is 16.7. The van der Waals surface area contributed by atoms with Crippen LogP contribution in [-0.2, 0) is 13.0 Å². The number of hydrogen-bond donors (Lipinski definition) is 1. The Kier molecular flexibility index (Phi) is 4.85. The van der Waals surface area contributed by atoms with Gasteiger partial charge in [0, 0.05) is 34.5 Å². The molecule has 1 heterocycles. The van der Waals surface area contributed by atoms with Crippen molar-refractivity contribution in [1.29, 1.82) is 0 Å². The Morgan fingerprint density at radius 3 is 2.48 bits per heavy atom.